The van der Waals surface area contributed by atoms with Crippen molar-refractivity contribution in [1.29, 1.82) is 0 Å². The summed E-state index contributed by atoms with van der Waals surface area (Å²) in [5, 5.41) is 3.74. The fourth-order valence-corrected chi connectivity index (χ4v) is 1.64. The Bertz CT molecular complexity index is 439. The second kappa shape index (κ2) is 4.99. The van der Waals surface area contributed by atoms with Gasteiger partial charge in [0.1, 0.15) is 5.82 Å². The van der Waals surface area contributed by atoms with Gasteiger partial charge < -0.3 is 5.32 Å². The summed E-state index contributed by atoms with van der Waals surface area (Å²) in [4.78, 5) is 0. The Morgan fingerprint density at radius 3 is 2.44 bits per heavy atom. The second-order valence-corrected chi connectivity index (χ2v) is 3.83. The molecule has 0 unspecified atom stereocenters. The highest BCUT2D eigenvalue weighted by Gasteiger charge is 2.01. The van der Waals surface area contributed by atoms with Crippen LogP contribution >= 0.6 is 11.6 Å². The van der Waals surface area contributed by atoms with Crippen molar-refractivity contribution >= 4 is 17.3 Å². The van der Waals surface area contributed by atoms with E-state index in [-0.39, 0.29) is 5.82 Å². The SMILES string of the molecule is Fc1ccccc1CNc1ccccc1Cl. The fourth-order valence-electron chi connectivity index (χ4n) is 1.44. The number of para-hydroxylation sites is 1. The molecule has 2 aromatic rings. The Balaban J connectivity index is 2.09. The molecule has 0 aliphatic rings. The maximum atomic E-state index is 13.3. The molecule has 0 bridgehead atoms. The molecule has 82 valence electrons. The third kappa shape index (κ3) is 2.52. The molecular weight excluding hydrogens is 225 g/mol. The van der Waals surface area contributed by atoms with Gasteiger partial charge in [0.15, 0.2) is 0 Å². The molecule has 2 aromatic carbocycles. The third-order valence-electron chi connectivity index (χ3n) is 2.30. The van der Waals surface area contributed by atoms with E-state index in [1.807, 2.05) is 24.3 Å². The molecule has 16 heavy (non-hydrogen) atoms. The first-order valence-corrected chi connectivity index (χ1v) is 5.37. The Kier molecular flexibility index (Phi) is 3.42. The van der Waals surface area contributed by atoms with Crippen molar-refractivity contribution < 1.29 is 4.39 Å². The van der Waals surface area contributed by atoms with E-state index in [4.69, 9.17) is 11.6 Å². The monoisotopic (exact) mass is 235 g/mol. The van der Waals surface area contributed by atoms with Crippen molar-refractivity contribution in [1.82, 2.24) is 0 Å². The van der Waals surface area contributed by atoms with E-state index in [1.54, 1.807) is 18.2 Å². The van der Waals surface area contributed by atoms with E-state index in [9.17, 15) is 4.39 Å². The molecule has 1 N–H and O–H groups in total. The fraction of sp³-hybridized carbons (Fsp3) is 0.0769. The van der Waals surface area contributed by atoms with Crippen LogP contribution in [0.25, 0.3) is 0 Å². The minimum Gasteiger partial charge on any atom is -0.380 e. The van der Waals surface area contributed by atoms with Gasteiger partial charge in [-0.15, -0.1) is 0 Å². The summed E-state index contributed by atoms with van der Waals surface area (Å²) in [6.07, 6.45) is 0. The van der Waals surface area contributed by atoms with Gasteiger partial charge in [0.2, 0.25) is 0 Å². The molecule has 0 aliphatic heterocycles. The topological polar surface area (TPSA) is 12.0 Å². The Morgan fingerprint density at radius 2 is 1.69 bits per heavy atom. The maximum Gasteiger partial charge on any atom is 0.128 e. The van der Waals surface area contributed by atoms with Crippen LogP contribution in [0.4, 0.5) is 10.1 Å². The summed E-state index contributed by atoms with van der Waals surface area (Å²) in [6, 6.07) is 14.1. The molecular formula is C13H11ClFN. The van der Waals surface area contributed by atoms with E-state index < -0.39 is 0 Å². The molecule has 0 heterocycles. The third-order valence-corrected chi connectivity index (χ3v) is 2.63. The number of rotatable bonds is 3. The molecule has 0 radical (unpaired) electrons. The molecule has 0 atom stereocenters. The minimum atomic E-state index is -0.206. The van der Waals surface area contributed by atoms with Gasteiger partial charge in [0.25, 0.3) is 0 Å². The van der Waals surface area contributed by atoms with Gasteiger partial charge in [-0.05, 0) is 18.2 Å². The Morgan fingerprint density at radius 1 is 1.00 bits per heavy atom. The highest BCUT2D eigenvalue weighted by molar-refractivity contribution is 6.33. The van der Waals surface area contributed by atoms with E-state index in [0.717, 1.165) is 5.69 Å². The van der Waals surface area contributed by atoms with E-state index in [1.165, 1.54) is 6.07 Å². The molecule has 0 spiro atoms. The number of halogens is 2. The van der Waals surface area contributed by atoms with Crippen LogP contribution in [0.15, 0.2) is 48.5 Å². The van der Waals surface area contributed by atoms with Gasteiger partial charge in [-0.2, -0.15) is 0 Å². The van der Waals surface area contributed by atoms with Gasteiger partial charge in [-0.25, -0.2) is 4.39 Å². The Labute approximate surface area is 98.9 Å². The van der Waals surface area contributed by atoms with E-state index in [2.05, 4.69) is 5.32 Å². The lowest BCUT2D eigenvalue weighted by Gasteiger charge is -2.08. The largest absolute Gasteiger partial charge is 0.380 e. The highest BCUT2D eigenvalue weighted by Crippen LogP contribution is 2.21. The predicted molar refractivity (Wildman–Crippen MR) is 65.2 cm³/mol. The summed E-state index contributed by atoms with van der Waals surface area (Å²) in [6.45, 7) is 0.427. The van der Waals surface area contributed by atoms with Gasteiger partial charge in [0.05, 0.1) is 10.7 Å². The number of hydrogen-bond acceptors (Lipinski definition) is 1. The standard InChI is InChI=1S/C13H11ClFN/c14-11-6-2-4-8-13(11)16-9-10-5-1-3-7-12(10)15/h1-8,16H,9H2. The number of benzene rings is 2. The molecule has 1 nitrogen and oxygen atoms in total. The summed E-state index contributed by atoms with van der Waals surface area (Å²) in [5.41, 5.74) is 1.44. The van der Waals surface area contributed by atoms with Crippen molar-refractivity contribution in [3.8, 4) is 0 Å². The molecule has 0 saturated carbocycles. The summed E-state index contributed by atoms with van der Waals surface area (Å²) >= 11 is 5.97. The molecule has 3 heteroatoms. The number of hydrogen-bond donors (Lipinski definition) is 1. The zero-order valence-corrected chi connectivity index (χ0v) is 9.34. The Hall–Kier alpha value is -1.54. The van der Waals surface area contributed by atoms with Crippen molar-refractivity contribution in [2.45, 2.75) is 6.54 Å². The van der Waals surface area contributed by atoms with Crippen molar-refractivity contribution in [3.63, 3.8) is 0 Å². The van der Waals surface area contributed by atoms with Crippen LogP contribution in [0.3, 0.4) is 0 Å². The van der Waals surface area contributed by atoms with Crippen LogP contribution in [-0.2, 0) is 6.54 Å². The summed E-state index contributed by atoms with van der Waals surface area (Å²) < 4.78 is 13.3. The average molecular weight is 236 g/mol. The minimum absolute atomic E-state index is 0.206. The van der Waals surface area contributed by atoms with Gasteiger partial charge >= 0.3 is 0 Å². The normalized spacial score (nSPS) is 10.1. The van der Waals surface area contributed by atoms with Gasteiger partial charge in [-0.3, -0.25) is 0 Å². The molecule has 0 amide bonds. The molecule has 0 fully saturated rings. The first-order valence-electron chi connectivity index (χ1n) is 4.99. The lowest BCUT2D eigenvalue weighted by Crippen LogP contribution is -2.01. The lowest BCUT2D eigenvalue weighted by atomic mass is 10.2. The van der Waals surface area contributed by atoms with Crippen molar-refractivity contribution in [2.24, 2.45) is 0 Å². The number of anilines is 1. The van der Waals surface area contributed by atoms with Crippen molar-refractivity contribution in [2.75, 3.05) is 5.32 Å². The summed E-state index contributed by atoms with van der Waals surface area (Å²) in [7, 11) is 0. The van der Waals surface area contributed by atoms with Crippen LogP contribution < -0.4 is 5.32 Å². The van der Waals surface area contributed by atoms with E-state index >= 15 is 0 Å². The maximum absolute atomic E-state index is 13.3. The van der Waals surface area contributed by atoms with Gasteiger partial charge in [-0.1, -0.05) is 41.9 Å². The molecule has 0 saturated heterocycles. The molecule has 0 aromatic heterocycles. The highest BCUT2D eigenvalue weighted by atomic mass is 35.5. The smallest absolute Gasteiger partial charge is 0.128 e. The zero-order valence-electron chi connectivity index (χ0n) is 8.58. The van der Waals surface area contributed by atoms with Crippen molar-refractivity contribution in [3.05, 3.63) is 64.9 Å². The van der Waals surface area contributed by atoms with Crippen LogP contribution in [-0.4, -0.2) is 0 Å². The first kappa shape index (κ1) is 11.0. The quantitative estimate of drug-likeness (QED) is 0.845. The second-order valence-electron chi connectivity index (χ2n) is 3.42. The average Bonchev–Trinajstić information content (AvgIpc) is 2.30. The predicted octanol–water partition coefficient (Wildman–Crippen LogP) is 4.09. The lowest BCUT2D eigenvalue weighted by molar-refractivity contribution is 0.613. The first-order chi connectivity index (χ1) is 7.77. The summed E-state index contributed by atoms with van der Waals surface area (Å²) in [5.74, 6) is -0.206. The van der Waals surface area contributed by atoms with Crippen LogP contribution in [0, 0.1) is 5.82 Å². The van der Waals surface area contributed by atoms with Crippen LogP contribution in [0.2, 0.25) is 5.02 Å². The zero-order chi connectivity index (χ0) is 11.4. The van der Waals surface area contributed by atoms with E-state index in [0.29, 0.717) is 17.1 Å². The number of nitrogens with one attached hydrogen (secondary N) is 1. The van der Waals surface area contributed by atoms with Gasteiger partial charge in [0, 0.05) is 12.1 Å². The molecule has 2 rings (SSSR count). The molecule has 0 aliphatic carbocycles. The van der Waals surface area contributed by atoms with Crippen LogP contribution in [0.5, 0.6) is 0 Å². The van der Waals surface area contributed by atoms with Crippen LogP contribution in [0.1, 0.15) is 5.56 Å².